The van der Waals surface area contributed by atoms with Gasteiger partial charge in [-0.1, -0.05) is 18.6 Å². The summed E-state index contributed by atoms with van der Waals surface area (Å²) in [5.74, 6) is 0. The number of hydrogen-bond donors (Lipinski definition) is 1. The van der Waals surface area contributed by atoms with E-state index in [-0.39, 0.29) is 0 Å². The Labute approximate surface area is 88.4 Å². The van der Waals surface area contributed by atoms with Gasteiger partial charge in [0.15, 0.2) is 0 Å². The molecule has 0 fully saturated rings. The Kier molecular flexibility index (Phi) is 5.20. The third-order valence-electron chi connectivity index (χ3n) is 2.77. The summed E-state index contributed by atoms with van der Waals surface area (Å²) in [5.41, 5.74) is 1.63. The topological polar surface area (TPSA) is 15.3 Å². The first-order valence-electron chi connectivity index (χ1n) is 5.81. The second-order valence-corrected chi connectivity index (χ2v) is 4.40. The summed E-state index contributed by atoms with van der Waals surface area (Å²) < 4.78 is 0. The van der Waals surface area contributed by atoms with E-state index in [1.807, 2.05) is 0 Å². The maximum Gasteiger partial charge on any atom is 0.0408 e. The quantitative estimate of drug-likeness (QED) is 0.677. The molecule has 14 heavy (non-hydrogen) atoms. The molecule has 0 amide bonds. The molecule has 1 N–H and O–H groups in total. The van der Waals surface area contributed by atoms with Gasteiger partial charge in [-0.3, -0.25) is 0 Å². The normalized spacial score (nSPS) is 19.6. The van der Waals surface area contributed by atoms with Crippen LogP contribution < -0.4 is 5.32 Å². The molecule has 0 radical (unpaired) electrons. The van der Waals surface area contributed by atoms with E-state index in [1.54, 1.807) is 5.57 Å². The maximum absolute atomic E-state index is 3.57. The van der Waals surface area contributed by atoms with E-state index >= 15 is 0 Å². The van der Waals surface area contributed by atoms with Gasteiger partial charge in [0.25, 0.3) is 0 Å². The molecular formula is C12H24N2. The minimum Gasteiger partial charge on any atom is -0.309 e. The second kappa shape index (κ2) is 6.20. The molecule has 0 saturated carbocycles. The van der Waals surface area contributed by atoms with Crippen LogP contribution in [0.15, 0.2) is 11.6 Å². The molecule has 0 aromatic heterocycles. The Bertz CT molecular complexity index is 185. The molecule has 2 heteroatoms. The maximum atomic E-state index is 3.57. The first-order valence-corrected chi connectivity index (χ1v) is 5.81. The molecule has 1 unspecified atom stereocenters. The highest BCUT2D eigenvalue weighted by molar-refractivity contribution is 5.13. The number of nitrogens with one attached hydrogen (secondary N) is 1. The lowest BCUT2D eigenvalue weighted by Gasteiger charge is -2.26. The first kappa shape index (κ1) is 11.7. The van der Waals surface area contributed by atoms with Crippen molar-refractivity contribution in [3.05, 3.63) is 11.6 Å². The van der Waals surface area contributed by atoms with E-state index in [0.717, 1.165) is 13.1 Å². The molecule has 0 aromatic rings. The summed E-state index contributed by atoms with van der Waals surface area (Å²) in [4.78, 5) is 2.27. The van der Waals surface area contributed by atoms with Crippen LogP contribution in [0.5, 0.6) is 0 Å². The van der Waals surface area contributed by atoms with Gasteiger partial charge >= 0.3 is 0 Å². The predicted octanol–water partition coefficient (Wildman–Crippen LogP) is 2.03. The summed E-state index contributed by atoms with van der Waals surface area (Å²) >= 11 is 0. The van der Waals surface area contributed by atoms with Crippen LogP contribution in [0, 0.1) is 0 Å². The summed E-state index contributed by atoms with van der Waals surface area (Å²) in [6.45, 7) is 4.38. The van der Waals surface area contributed by atoms with E-state index in [0.29, 0.717) is 6.04 Å². The van der Waals surface area contributed by atoms with Gasteiger partial charge in [0, 0.05) is 12.6 Å². The van der Waals surface area contributed by atoms with Crippen molar-refractivity contribution in [2.45, 2.75) is 38.6 Å². The number of rotatable bonds is 5. The van der Waals surface area contributed by atoms with Crippen LogP contribution in [-0.4, -0.2) is 38.1 Å². The van der Waals surface area contributed by atoms with E-state index in [2.05, 4.69) is 37.3 Å². The van der Waals surface area contributed by atoms with Gasteiger partial charge < -0.3 is 10.2 Å². The Morgan fingerprint density at radius 1 is 1.43 bits per heavy atom. The summed E-state index contributed by atoms with van der Waals surface area (Å²) in [7, 11) is 4.29. The van der Waals surface area contributed by atoms with Crippen molar-refractivity contribution in [3.63, 3.8) is 0 Å². The summed E-state index contributed by atoms with van der Waals surface area (Å²) in [5, 5.41) is 3.57. The van der Waals surface area contributed by atoms with Crippen LogP contribution in [0.3, 0.4) is 0 Å². The standard InChI is InChI=1S/C12H24N2/c1-4-13-12(10-14(2)3)11-8-6-5-7-9-11/h8,12-13H,4-7,9-10H2,1-3H3. The lowest BCUT2D eigenvalue weighted by molar-refractivity contribution is 0.355. The lowest BCUT2D eigenvalue weighted by Crippen LogP contribution is -2.40. The van der Waals surface area contributed by atoms with Crippen molar-refractivity contribution in [3.8, 4) is 0 Å². The van der Waals surface area contributed by atoms with Crippen molar-refractivity contribution < 1.29 is 0 Å². The van der Waals surface area contributed by atoms with Crippen molar-refractivity contribution in [2.75, 3.05) is 27.2 Å². The fraction of sp³-hybridized carbons (Fsp3) is 0.833. The Morgan fingerprint density at radius 3 is 2.71 bits per heavy atom. The molecule has 0 aliphatic heterocycles. The minimum absolute atomic E-state index is 0.579. The zero-order chi connectivity index (χ0) is 10.4. The number of allylic oxidation sites excluding steroid dienone is 1. The monoisotopic (exact) mass is 196 g/mol. The molecule has 0 aromatic carbocycles. The Hall–Kier alpha value is -0.340. The fourth-order valence-corrected chi connectivity index (χ4v) is 2.10. The molecule has 0 heterocycles. The average Bonchev–Trinajstić information content (AvgIpc) is 2.18. The van der Waals surface area contributed by atoms with E-state index < -0.39 is 0 Å². The van der Waals surface area contributed by atoms with Crippen LogP contribution in [0.1, 0.15) is 32.6 Å². The van der Waals surface area contributed by atoms with Crippen molar-refractivity contribution in [1.82, 2.24) is 10.2 Å². The van der Waals surface area contributed by atoms with Crippen LogP contribution in [0.25, 0.3) is 0 Å². The Balaban J connectivity index is 2.51. The van der Waals surface area contributed by atoms with Gasteiger partial charge in [-0.15, -0.1) is 0 Å². The molecular weight excluding hydrogens is 172 g/mol. The minimum atomic E-state index is 0.579. The zero-order valence-electron chi connectivity index (χ0n) is 9.84. The third-order valence-corrected chi connectivity index (χ3v) is 2.77. The third kappa shape index (κ3) is 3.81. The zero-order valence-corrected chi connectivity index (χ0v) is 9.84. The average molecular weight is 196 g/mol. The molecule has 0 saturated heterocycles. The number of hydrogen-bond acceptors (Lipinski definition) is 2. The number of likely N-dealkylation sites (N-methyl/N-ethyl adjacent to an activating group) is 2. The summed E-state index contributed by atoms with van der Waals surface area (Å²) in [6.07, 6.45) is 7.78. The fourth-order valence-electron chi connectivity index (χ4n) is 2.10. The Morgan fingerprint density at radius 2 is 2.21 bits per heavy atom. The lowest BCUT2D eigenvalue weighted by atomic mass is 9.93. The van der Waals surface area contributed by atoms with Crippen molar-refractivity contribution in [2.24, 2.45) is 0 Å². The summed E-state index contributed by atoms with van der Waals surface area (Å²) in [6, 6.07) is 0.579. The molecule has 1 atom stereocenters. The van der Waals surface area contributed by atoms with E-state index in [4.69, 9.17) is 0 Å². The molecule has 1 rings (SSSR count). The van der Waals surface area contributed by atoms with E-state index in [9.17, 15) is 0 Å². The SMILES string of the molecule is CCNC(CN(C)C)C1=CCCCC1. The molecule has 0 spiro atoms. The largest absolute Gasteiger partial charge is 0.309 e. The molecule has 82 valence electrons. The van der Waals surface area contributed by atoms with Crippen molar-refractivity contribution in [1.29, 1.82) is 0 Å². The van der Waals surface area contributed by atoms with Crippen LogP contribution >= 0.6 is 0 Å². The molecule has 0 bridgehead atoms. The highest BCUT2D eigenvalue weighted by atomic mass is 15.1. The van der Waals surface area contributed by atoms with Gasteiger partial charge in [-0.2, -0.15) is 0 Å². The van der Waals surface area contributed by atoms with Gasteiger partial charge in [-0.05, 0) is 46.3 Å². The highest BCUT2D eigenvalue weighted by Gasteiger charge is 2.15. The van der Waals surface area contributed by atoms with Gasteiger partial charge in [0.2, 0.25) is 0 Å². The smallest absolute Gasteiger partial charge is 0.0408 e. The first-order chi connectivity index (χ1) is 6.74. The molecule has 1 aliphatic rings. The van der Waals surface area contributed by atoms with E-state index in [1.165, 1.54) is 25.7 Å². The highest BCUT2D eigenvalue weighted by Crippen LogP contribution is 2.20. The predicted molar refractivity (Wildman–Crippen MR) is 62.6 cm³/mol. The van der Waals surface area contributed by atoms with Gasteiger partial charge in [-0.25, -0.2) is 0 Å². The van der Waals surface area contributed by atoms with Crippen LogP contribution in [0.4, 0.5) is 0 Å². The molecule has 2 nitrogen and oxygen atoms in total. The number of nitrogens with zero attached hydrogens (tertiary/aromatic N) is 1. The van der Waals surface area contributed by atoms with Gasteiger partial charge in [0.1, 0.15) is 0 Å². The molecule has 1 aliphatic carbocycles. The van der Waals surface area contributed by atoms with Crippen LogP contribution in [-0.2, 0) is 0 Å². The second-order valence-electron chi connectivity index (χ2n) is 4.40. The van der Waals surface area contributed by atoms with Crippen LogP contribution in [0.2, 0.25) is 0 Å². The van der Waals surface area contributed by atoms with Crippen molar-refractivity contribution >= 4 is 0 Å². The van der Waals surface area contributed by atoms with Gasteiger partial charge in [0.05, 0.1) is 0 Å².